The van der Waals surface area contributed by atoms with Crippen molar-refractivity contribution in [2.24, 2.45) is 17.8 Å². The van der Waals surface area contributed by atoms with Crippen molar-refractivity contribution in [1.29, 1.82) is 0 Å². The van der Waals surface area contributed by atoms with Crippen LogP contribution in [0.15, 0.2) is 11.3 Å². The molecule has 4 aliphatic heterocycles. The lowest BCUT2D eigenvalue weighted by atomic mass is 9.79. The Morgan fingerprint density at radius 1 is 0.981 bits per heavy atom. The number of hydrogen-bond donors (Lipinski definition) is 2. The maximum absolute atomic E-state index is 14.4. The second-order valence-corrected chi connectivity index (χ2v) is 17.1. The van der Waals surface area contributed by atoms with E-state index in [-0.39, 0.29) is 30.4 Å². The van der Waals surface area contributed by atoms with Crippen molar-refractivity contribution >= 4 is 11.8 Å². The summed E-state index contributed by atoms with van der Waals surface area (Å²) >= 11 is 0. The van der Waals surface area contributed by atoms with Gasteiger partial charge in [-0.2, -0.15) is 0 Å². The van der Waals surface area contributed by atoms with Crippen LogP contribution in [0.25, 0.3) is 0 Å². The van der Waals surface area contributed by atoms with E-state index in [0.29, 0.717) is 25.0 Å². The Bertz CT molecular complexity index is 1330. The Hall–Kier alpha value is -1.68. The van der Waals surface area contributed by atoms with Gasteiger partial charge in [0.15, 0.2) is 24.0 Å². The average Bonchev–Trinajstić information content (AvgIpc) is 3.43. The standard InChI is InChI=1S/C40H69NO12/c1-16-28-40(12,47-15)33(43)23(6)31-21(4)18-39(11,53-31)35(52-37-30(42)27(17-22(5)48-37)41(13)20(2)3)24(7)32(25(8)36(45)50-28)51-29-19-38(10,46-14)34(44)26(9)49-29/h20,22-30,32,34-35,37,42,44H,16-19H2,1-15H3/t22-,23+,24+,25-,26+,27+,28-,29+,30-,32+,34+,35-,37+,38-,39+,40-/m1/s1. The van der Waals surface area contributed by atoms with Gasteiger partial charge >= 0.3 is 5.97 Å². The van der Waals surface area contributed by atoms with Gasteiger partial charge in [-0.05, 0) is 94.7 Å². The average molecular weight is 756 g/mol. The Labute approximate surface area is 317 Å². The quantitative estimate of drug-likeness (QED) is 0.318. The van der Waals surface area contributed by atoms with Gasteiger partial charge in [-0.25, -0.2) is 0 Å². The zero-order valence-corrected chi connectivity index (χ0v) is 34.8. The third-order valence-electron chi connectivity index (χ3n) is 12.8. The van der Waals surface area contributed by atoms with Gasteiger partial charge < -0.3 is 48.1 Å². The first-order valence-corrected chi connectivity index (χ1v) is 19.5. The minimum absolute atomic E-state index is 0.164. The van der Waals surface area contributed by atoms with Crippen LogP contribution in [0.2, 0.25) is 0 Å². The van der Waals surface area contributed by atoms with Crippen molar-refractivity contribution in [2.75, 3.05) is 21.3 Å². The largest absolute Gasteiger partial charge is 0.488 e. The summed E-state index contributed by atoms with van der Waals surface area (Å²) in [6.45, 7) is 22.5. The van der Waals surface area contributed by atoms with Gasteiger partial charge in [0.1, 0.15) is 35.8 Å². The van der Waals surface area contributed by atoms with Crippen molar-refractivity contribution in [3.05, 3.63) is 11.3 Å². The Balaban J connectivity index is 1.86. The summed E-state index contributed by atoms with van der Waals surface area (Å²) in [5.41, 5.74) is -2.66. The molecular weight excluding hydrogens is 686 g/mol. The van der Waals surface area contributed by atoms with Gasteiger partial charge in [-0.1, -0.05) is 13.8 Å². The molecule has 4 heterocycles. The molecule has 3 saturated heterocycles. The number of ketones is 1. The second-order valence-electron chi connectivity index (χ2n) is 17.1. The fourth-order valence-electron chi connectivity index (χ4n) is 9.05. The van der Waals surface area contributed by atoms with E-state index in [2.05, 4.69) is 18.7 Å². The first kappa shape index (κ1) is 44.0. The van der Waals surface area contributed by atoms with E-state index in [0.717, 1.165) is 5.57 Å². The van der Waals surface area contributed by atoms with Crippen molar-refractivity contribution < 1.29 is 57.7 Å². The number of fused-ring (bicyclic) bond motifs is 2. The third kappa shape index (κ3) is 8.54. The van der Waals surface area contributed by atoms with E-state index >= 15 is 0 Å². The third-order valence-corrected chi connectivity index (χ3v) is 12.8. The van der Waals surface area contributed by atoms with Crippen LogP contribution < -0.4 is 0 Å². The number of carbonyl (C=O) groups excluding carboxylic acids is 2. The number of aliphatic hydroxyl groups is 2. The molecule has 16 atom stereocenters. The van der Waals surface area contributed by atoms with Crippen LogP contribution in [0.1, 0.15) is 109 Å². The summed E-state index contributed by atoms with van der Waals surface area (Å²) in [5, 5.41) is 22.8. The molecule has 4 aliphatic rings. The van der Waals surface area contributed by atoms with Crippen LogP contribution >= 0.6 is 0 Å². The first-order chi connectivity index (χ1) is 24.6. The second kappa shape index (κ2) is 16.8. The molecule has 53 heavy (non-hydrogen) atoms. The number of aliphatic hydroxyl groups excluding tert-OH is 2. The number of likely N-dealkylation sites (N-methyl/N-ethyl adjacent to an activating group) is 1. The normalized spacial score (nSPS) is 46.1. The smallest absolute Gasteiger partial charge is 0.311 e. The maximum atomic E-state index is 14.4. The number of ether oxygens (including phenoxy) is 8. The summed E-state index contributed by atoms with van der Waals surface area (Å²) < 4.78 is 51.1. The molecule has 0 aromatic rings. The summed E-state index contributed by atoms with van der Waals surface area (Å²) in [6.07, 6.45) is -5.84. The fraction of sp³-hybridized carbons (Fsp3) is 0.900. The van der Waals surface area contributed by atoms with Crippen LogP contribution in [0, 0.1) is 17.8 Å². The number of hydrogen-bond acceptors (Lipinski definition) is 13. The molecule has 2 N–H and O–H groups in total. The van der Waals surface area contributed by atoms with Crippen molar-refractivity contribution in [3.8, 4) is 0 Å². The molecule has 0 saturated carbocycles. The Morgan fingerprint density at radius 2 is 1.62 bits per heavy atom. The highest BCUT2D eigenvalue weighted by atomic mass is 16.7. The highest BCUT2D eigenvalue weighted by Crippen LogP contribution is 2.47. The monoisotopic (exact) mass is 755 g/mol. The van der Waals surface area contributed by atoms with Gasteiger partial charge in [0.05, 0.1) is 35.7 Å². The predicted octanol–water partition coefficient (Wildman–Crippen LogP) is 4.53. The van der Waals surface area contributed by atoms with Crippen molar-refractivity contribution in [1.82, 2.24) is 4.90 Å². The van der Waals surface area contributed by atoms with Gasteiger partial charge in [-0.15, -0.1) is 0 Å². The minimum atomic E-state index is -1.48. The lowest BCUT2D eigenvalue weighted by molar-refractivity contribution is -0.317. The number of cyclic esters (lactones) is 1. The molecule has 0 aromatic heterocycles. The number of nitrogens with zero attached hydrogens (tertiary/aromatic N) is 1. The van der Waals surface area contributed by atoms with Gasteiger partial charge in [0.25, 0.3) is 0 Å². The number of methoxy groups -OCH3 is 2. The molecule has 0 radical (unpaired) electrons. The molecule has 0 spiro atoms. The molecule has 0 amide bonds. The zero-order chi connectivity index (χ0) is 40.0. The summed E-state index contributed by atoms with van der Waals surface area (Å²) in [6, 6.07) is -0.0782. The predicted molar refractivity (Wildman–Crippen MR) is 197 cm³/mol. The maximum Gasteiger partial charge on any atom is 0.311 e. The number of rotatable bonds is 9. The number of esters is 1. The Kier molecular flexibility index (Phi) is 14.0. The van der Waals surface area contributed by atoms with Crippen LogP contribution in [-0.2, 0) is 47.5 Å². The molecule has 13 nitrogen and oxygen atoms in total. The van der Waals surface area contributed by atoms with Gasteiger partial charge in [0.2, 0.25) is 0 Å². The van der Waals surface area contributed by atoms with E-state index in [1.807, 2.05) is 41.7 Å². The first-order valence-electron chi connectivity index (χ1n) is 19.5. The highest BCUT2D eigenvalue weighted by molar-refractivity contribution is 5.92. The van der Waals surface area contributed by atoms with Gasteiger partial charge in [0, 0.05) is 45.1 Å². The molecule has 306 valence electrons. The summed E-state index contributed by atoms with van der Waals surface area (Å²) in [4.78, 5) is 30.8. The van der Waals surface area contributed by atoms with Crippen LogP contribution in [-0.4, -0.2) is 132 Å². The number of Topliss-reactive ketones (excluding diaryl/α,β-unsaturated/α-hetero) is 1. The van der Waals surface area contributed by atoms with E-state index < -0.39 is 89.7 Å². The highest BCUT2D eigenvalue weighted by Gasteiger charge is 2.56. The number of allylic oxidation sites excluding steroid dienone is 1. The van der Waals surface area contributed by atoms with Crippen LogP contribution in [0.5, 0.6) is 0 Å². The summed E-state index contributed by atoms with van der Waals surface area (Å²) in [5.74, 6) is -2.59. The molecule has 3 fully saturated rings. The van der Waals surface area contributed by atoms with Crippen LogP contribution in [0.4, 0.5) is 0 Å². The van der Waals surface area contributed by atoms with Crippen molar-refractivity contribution in [2.45, 2.75) is 193 Å². The van der Waals surface area contributed by atoms with E-state index in [1.54, 1.807) is 34.6 Å². The zero-order valence-electron chi connectivity index (χ0n) is 34.8. The Morgan fingerprint density at radius 3 is 2.19 bits per heavy atom. The molecule has 0 aromatic carbocycles. The molecule has 13 heteroatoms. The molecule has 0 aliphatic carbocycles. The fourth-order valence-corrected chi connectivity index (χ4v) is 9.05. The molecule has 0 unspecified atom stereocenters. The van der Waals surface area contributed by atoms with Crippen LogP contribution in [0.3, 0.4) is 0 Å². The molecule has 2 bridgehead atoms. The summed E-state index contributed by atoms with van der Waals surface area (Å²) in [7, 11) is 4.97. The minimum Gasteiger partial charge on any atom is -0.488 e. The van der Waals surface area contributed by atoms with Crippen molar-refractivity contribution in [3.63, 3.8) is 0 Å². The number of carbonyl (C=O) groups is 2. The van der Waals surface area contributed by atoms with Gasteiger partial charge in [-0.3, -0.25) is 14.5 Å². The SMILES string of the molecule is CC[C@H]1OC(=O)[C@H](C)[C@@H](O[C@H]2C[C@@](C)(OC)[C@@H](O)[C@H](C)O2)[C@H](C)[C@@H](O[C@@H]2O[C@H](C)C[C@H](N(C)C(C)C)[C@H]2O)[C@]2(C)CC(C)=C(O2)[C@H](C)C(=O)[C@]1(C)OC. The van der Waals surface area contributed by atoms with E-state index in [9.17, 15) is 19.8 Å². The van der Waals surface area contributed by atoms with E-state index in [4.69, 9.17) is 37.9 Å². The topological polar surface area (TPSA) is 152 Å². The lowest BCUT2D eigenvalue weighted by Gasteiger charge is -2.49. The van der Waals surface area contributed by atoms with E-state index in [1.165, 1.54) is 14.2 Å². The lowest BCUT2D eigenvalue weighted by Crippen LogP contribution is -2.61. The molecule has 4 rings (SSSR count). The molecular formula is C40H69NO12.